The second-order valence-corrected chi connectivity index (χ2v) is 6.61. The molecule has 9 heteroatoms. The molecular formula is C17H19ClF3N5. The van der Waals surface area contributed by atoms with Crippen LogP contribution in [-0.4, -0.2) is 59.1 Å². The van der Waals surface area contributed by atoms with Crippen molar-refractivity contribution in [2.75, 3.05) is 33.2 Å². The Morgan fingerprint density at radius 2 is 1.88 bits per heavy atom. The maximum Gasteiger partial charge on any atom is 0.416 e. The zero-order chi connectivity index (χ0) is 18.9. The van der Waals surface area contributed by atoms with Crippen LogP contribution in [0.4, 0.5) is 13.2 Å². The lowest BCUT2D eigenvalue weighted by atomic mass is 10.2. The van der Waals surface area contributed by atoms with Crippen molar-refractivity contribution in [2.24, 2.45) is 5.10 Å². The van der Waals surface area contributed by atoms with E-state index in [0.717, 1.165) is 38.3 Å². The van der Waals surface area contributed by atoms with Gasteiger partial charge in [0.1, 0.15) is 5.15 Å². The van der Waals surface area contributed by atoms with E-state index < -0.39 is 11.7 Å². The van der Waals surface area contributed by atoms with Gasteiger partial charge in [0.25, 0.3) is 0 Å². The molecule has 0 unspecified atom stereocenters. The summed E-state index contributed by atoms with van der Waals surface area (Å²) in [6.45, 7) is 5.22. The topological polar surface area (TPSA) is 36.7 Å². The summed E-state index contributed by atoms with van der Waals surface area (Å²) in [5.41, 5.74) is 0.715. The van der Waals surface area contributed by atoms with Gasteiger partial charge < -0.3 is 4.90 Å². The molecule has 0 saturated carbocycles. The predicted octanol–water partition coefficient (Wildman–Crippen LogP) is 3.43. The first-order chi connectivity index (χ1) is 12.3. The number of benzene rings is 1. The number of hydrogen-bond donors (Lipinski definition) is 0. The van der Waals surface area contributed by atoms with Crippen molar-refractivity contribution >= 4 is 17.8 Å². The van der Waals surface area contributed by atoms with Gasteiger partial charge in [0.15, 0.2) is 0 Å². The number of nitrogens with zero attached hydrogens (tertiary/aromatic N) is 5. The molecule has 2 aromatic rings. The van der Waals surface area contributed by atoms with Crippen LogP contribution in [0.5, 0.6) is 0 Å². The molecule has 26 heavy (non-hydrogen) atoms. The summed E-state index contributed by atoms with van der Waals surface area (Å²) in [5.74, 6) is 0. The normalized spacial score (nSPS) is 16.6. The van der Waals surface area contributed by atoms with E-state index in [9.17, 15) is 13.2 Å². The SMILES string of the molecule is Cc1nn(-c2cccc(C(F)(F)F)c2)c(Cl)c1C=NN1CCN(C)CC1. The van der Waals surface area contributed by atoms with Gasteiger partial charge in [-0.1, -0.05) is 17.7 Å². The van der Waals surface area contributed by atoms with Crippen molar-refractivity contribution < 1.29 is 13.2 Å². The Bertz CT molecular complexity index is 807. The standard InChI is InChI=1S/C17H19ClF3N5/c1-12-15(11-22-25-8-6-24(2)7-9-25)16(18)26(23-12)14-5-3-4-13(10-14)17(19,20)21/h3-5,10-11H,6-9H2,1-2H3. The van der Waals surface area contributed by atoms with E-state index in [4.69, 9.17) is 11.6 Å². The largest absolute Gasteiger partial charge is 0.416 e. The van der Waals surface area contributed by atoms with E-state index in [1.54, 1.807) is 13.1 Å². The van der Waals surface area contributed by atoms with Gasteiger partial charge in [0.2, 0.25) is 0 Å². The summed E-state index contributed by atoms with van der Waals surface area (Å²) in [7, 11) is 2.06. The summed E-state index contributed by atoms with van der Waals surface area (Å²) in [5, 5.41) is 10.9. The Kier molecular flexibility index (Phi) is 5.24. The molecule has 5 nitrogen and oxygen atoms in total. The Hall–Kier alpha value is -2.06. The van der Waals surface area contributed by atoms with Crippen molar-refractivity contribution in [2.45, 2.75) is 13.1 Å². The Morgan fingerprint density at radius 3 is 2.54 bits per heavy atom. The zero-order valence-corrected chi connectivity index (χ0v) is 15.2. The molecule has 0 bridgehead atoms. The van der Waals surface area contributed by atoms with Gasteiger partial charge in [0.05, 0.1) is 28.7 Å². The fourth-order valence-electron chi connectivity index (χ4n) is 2.69. The molecule has 0 aliphatic carbocycles. The minimum absolute atomic E-state index is 0.236. The van der Waals surface area contributed by atoms with E-state index in [0.29, 0.717) is 11.3 Å². The van der Waals surface area contributed by atoms with Crippen LogP contribution in [0, 0.1) is 6.92 Å². The van der Waals surface area contributed by atoms with Crippen LogP contribution >= 0.6 is 11.6 Å². The molecule has 0 atom stereocenters. The lowest BCUT2D eigenvalue weighted by Gasteiger charge is -2.30. The minimum Gasteiger partial charge on any atom is -0.303 e. The molecule has 1 aliphatic heterocycles. The molecule has 1 fully saturated rings. The smallest absolute Gasteiger partial charge is 0.303 e. The van der Waals surface area contributed by atoms with Gasteiger partial charge in [-0.15, -0.1) is 0 Å². The molecule has 0 N–H and O–H groups in total. The number of alkyl halides is 3. The van der Waals surface area contributed by atoms with Crippen LogP contribution < -0.4 is 0 Å². The van der Waals surface area contributed by atoms with Crippen LogP contribution in [0.25, 0.3) is 5.69 Å². The number of aryl methyl sites for hydroxylation is 1. The molecule has 2 heterocycles. The molecule has 0 radical (unpaired) electrons. The first-order valence-electron chi connectivity index (χ1n) is 8.16. The lowest BCUT2D eigenvalue weighted by Crippen LogP contribution is -2.41. The molecule has 1 aromatic heterocycles. The Morgan fingerprint density at radius 1 is 1.19 bits per heavy atom. The van der Waals surface area contributed by atoms with Gasteiger partial charge in [-0.3, -0.25) is 5.01 Å². The molecule has 140 valence electrons. The second-order valence-electron chi connectivity index (χ2n) is 6.25. The van der Waals surface area contributed by atoms with Crippen molar-refractivity contribution in [1.29, 1.82) is 0 Å². The molecule has 1 aliphatic rings. The van der Waals surface area contributed by atoms with Crippen molar-refractivity contribution in [3.63, 3.8) is 0 Å². The van der Waals surface area contributed by atoms with Gasteiger partial charge in [-0.25, -0.2) is 4.68 Å². The van der Waals surface area contributed by atoms with Crippen LogP contribution in [0.2, 0.25) is 5.15 Å². The van der Waals surface area contributed by atoms with Gasteiger partial charge >= 0.3 is 6.18 Å². The maximum atomic E-state index is 12.9. The van der Waals surface area contributed by atoms with Crippen LogP contribution in [0.3, 0.4) is 0 Å². The first-order valence-corrected chi connectivity index (χ1v) is 8.54. The molecule has 3 rings (SSSR count). The second kappa shape index (κ2) is 7.28. The highest BCUT2D eigenvalue weighted by Gasteiger charge is 2.30. The predicted molar refractivity (Wildman–Crippen MR) is 95.0 cm³/mol. The highest BCUT2D eigenvalue weighted by molar-refractivity contribution is 6.32. The average molecular weight is 386 g/mol. The van der Waals surface area contributed by atoms with E-state index in [1.165, 1.54) is 16.8 Å². The van der Waals surface area contributed by atoms with E-state index in [1.807, 2.05) is 5.01 Å². The molecular weight excluding hydrogens is 367 g/mol. The van der Waals surface area contributed by atoms with E-state index in [2.05, 4.69) is 22.1 Å². The van der Waals surface area contributed by atoms with Gasteiger partial charge in [-0.2, -0.15) is 23.4 Å². The zero-order valence-electron chi connectivity index (χ0n) is 14.5. The molecule has 0 amide bonds. The number of halogens is 4. The number of piperazine rings is 1. The van der Waals surface area contributed by atoms with Crippen LogP contribution in [0.15, 0.2) is 29.4 Å². The molecule has 1 saturated heterocycles. The molecule has 1 aromatic carbocycles. The van der Waals surface area contributed by atoms with Gasteiger partial charge in [-0.05, 0) is 32.2 Å². The Labute approximate surface area is 154 Å². The number of likely N-dealkylation sites (N-methyl/N-ethyl adjacent to an activating group) is 1. The van der Waals surface area contributed by atoms with Crippen LogP contribution in [-0.2, 0) is 6.18 Å². The Balaban J connectivity index is 1.87. The van der Waals surface area contributed by atoms with E-state index >= 15 is 0 Å². The third-order valence-corrected chi connectivity index (χ3v) is 4.66. The van der Waals surface area contributed by atoms with Crippen molar-refractivity contribution in [1.82, 2.24) is 19.7 Å². The number of aromatic nitrogens is 2. The van der Waals surface area contributed by atoms with Crippen molar-refractivity contribution in [3.05, 3.63) is 46.2 Å². The fraction of sp³-hybridized carbons (Fsp3) is 0.412. The van der Waals surface area contributed by atoms with Crippen molar-refractivity contribution in [3.8, 4) is 5.69 Å². The highest BCUT2D eigenvalue weighted by atomic mass is 35.5. The minimum atomic E-state index is -4.42. The lowest BCUT2D eigenvalue weighted by molar-refractivity contribution is -0.137. The number of hydrazone groups is 1. The van der Waals surface area contributed by atoms with Gasteiger partial charge in [0, 0.05) is 26.2 Å². The fourth-order valence-corrected chi connectivity index (χ4v) is 3.01. The number of rotatable bonds is 3. The monoisotopic (exact) mass is 385 g/mol. The summed E-state index contributed by atoms with van der Waals surface area (Å²) < 4.78 is 40.1. The van der Waals surface area contributed by atoms with E-state index in [-0.39, 0.29) is 10.8 Å². The summed E-state index contributed by atoms with van der Waals surface area (Å²) in [6, 6.07) is 4.92. The third kappa shape index (κ3) is 4.02. The number of hydrogen-bond acceptors (Lipinski definition) is 4. The average Bonchev–Trinajstić information content (AvgIpc) is 2.88. The maximum absolute atomic E-state index is 12.9. The molecule has 0 spiro atoms. The highest BCUT2D eigenvalue weighted by Crippen LogP contribution is 2.31. The quantitative estimate of drug-likeness (QED) is 0.759. The van der Waals surface area contributed by atoms with Crippen LogP contribution in [0.1, 0.15) is 16.8 Å². The third-order valence-electron chi connectivity index (χ3n) is 4.30. The first kappa shape index (κ1) is 18.7. The summed E-state index contributed by atoms with van der Waals surface area (Å²) in [6.07, 6.45) is -2.80. The summed E-state index contributed by atoms with van der Waals surface area (Å²) >= 11 is 6.37. The summed E-state index contributed by atoms with van der Waals surface area (Å²) in [4.78, 5) is 2.22.